The zero-order chi connectivity index (χ0) is 46.9. The Labute approximate surface area is 396 Å². The van der Waals surface area contributed by atoms with Gasteiger partial charge in [0.15, 0.2) is 0 Å². The van der Waals surface area contributed by atoms with Crippen LogP contribution in [0.4, 0.5) is 16.4 Å². The Hall–Kier alpha value is -7.47. The number of ether oxygens (including phenoxy) is 4. The molecule has 0 unspecified atom stereocenters. The Morgan fingerprint density at radius 2 is 1.26 bits per heavy atom. The molecule has 2 saturated heterocycles. The first kappa shape index (κ1) is 44.4. The molecule has 0 spiro atoms. The molecular weight excluding hydrogens is 884 g/mol. The molecule has 0 aliphatic carbocycles. The van der Waals surface area contributed by atoms with Gasteiger partial charge in [0.2, 0.25) is 5.88 Å². The maximum atomic E-state index is 13.7. The van der Waals surface area contributed by atoms with E-state index < -0.39 is 11.7 Å². The average molecular weight is 933 g/mol. The Kier molecular flexibility index (Phi) is 12.2. The number of morpholine rings is 2. The number of carbonyl (C=O) groups excluding carboxylic acids is 1. The maximum Gasteiger partial charge on any atom is 0.419 e. The summed E-state index contributed by atoms with van der Waals surface area (Å²) in [6.45, 7) is 13.3. The van der Waals surface area contributed by atoms with Crippen molar-refractivity contribution in [1.82, 2.24) is 49.9 Å². The maximum absolute atomic E-state index is 13.7. The van der Waals surface area contributed by atoms with Gasteiger partial charge in [-0.1, -0.05) is 23.2 Å². The molecule has 2 fully saturated rings. The molecule has 9 aromatic rings. The molecule has 68 heavy (non-hydrogen) atoms. The molecular formula is C50H49ClN12O5. The van der Waals surface area contributed by atoms with Crippen LogP contribution in [0.2, 0.25) is 5.02 Å². The number of nitrogens with one attached hydrogen (secondary N) is 2. The minimum atomic E-state index is -0.646. The highest BCUT2D eigenvalue weighted by Crippen LogP contribution is 2.41. The van der Waals surface area contributed by atoms with Gasteiger partial charge in [0.25, 0.3) is 0 Å². The van der Waals surface area contributed by atoms with E-state index in [0.29, 0.717) is 43.0 Å². The number of pyridine rings is 5. The number of H-pyrrole nitrogens is 2. The molecule has 1 aromatic carbocycles. The summed E-state index contributed by atoms with van der Waals surface area (Å²) in [5.74, 6) is 2.15. The Morgan fingerprint density at radius 1 is 0.691 bits per heavy atom. The number of halogens is 1. The second-order valence-electron chi connectivity index (χ2n) is 17.4. The highest BCUT2D eigenvalue weighted by atomic mass is 35.5. The van der Waals surface area contributed by atoms with Crippen LogP contribution in [0, 0.1) is 6.92 Å². The second-order valence-corrected chi connectivity index (χ2v) is 17.9. The topological polar surface area (TPSA) is 187 Å². The van der Waals surface area contributed by atoms with Crippen LogP contribution in [0.25, 0.3) is 77.9 Å². The van der Waals surface area contributed by atoms with Gasteiger partial charge >= 0.3 is 6.09 Å². The number of aromatic nitrogens is 10. The zero-order valence-electron chi connectivity index (χ0n) is 38.3. The van der Waals surface area contributed by atoms with Crippen LogP contribution in [0.3, 0.4) is 0 Å². The number of aryl methyl sites for hydroxylation is 1. The lowest BCUT2D eigenvalue weighted by Crippen LogP contribution is -2.36. The van der Waals surface area contributed by atoms with Gasteiger partial charge in [0.05, 0.1) is 61.2 Å². The fraction of sp³-hybridized carbons (Fsp3) is 0.280. The molecule has 10 heterocycles. The number of hydrogen-bond donors (Lipinski definition) is 2. The summed E-state index contributed by atoms with van der Waals surface area (Å²) >= 11 is 6.29. The summed E-state index contributed by atoms with van der Waals surface area (Å²) < 4.78 is 24.2. The number of methoxy groups -OCH3 is 1. The largest absolute Gasteiger partial charge is 0.481 e. The Morgan fingerprint density at radius 3 is 1.81 bits per heavy atom. The molecule has 2 aliphatic rings. The summed E-state index contributed by atoms with van der Waals surface area (Å²) in [5.41, 5.74) is 9.11. The van der Waals surface area contributed by atoms with Crippen molar-refractivity contribution in [1.29, 1.82) is 0 Å². The highest BCUT2D eigenvalue weighted by Gasteiger charge is 2.27. The predicted octanol–water partition coefficient (Wildman–Crippen LogP) is 9.15. The van der Waals surface area contributed by atoms with Crippen molar-refractivity contribution in [2.45, 2.75) is 33.3 Å². The van der Waals surface area contributed by atoms with Gasteiger partial charge in [-0.25, -0.2) is 24.3 Å². The average Bonchev–Trinajstić information content (AvgIpc) is 4.16. The van der Waals surface area contributed by atoms with E-state index in [4.69, 9.17) is 40.5 Å². The number of carbonyl (C=O) groups is 1. The standard InChI is InChI=1S/C29H30N6O3.C21H19ClN6O2/c1-18-5-6-23-19(15-18)16-24(35(23)28(36)38-29(2,3)4)21-17-25(34-11-13-37-14-12-34)32-26-20(21)7-9-30-27(26)22-8-10-31-33-22;1-29-21-16(10-13(22)12-24-21)15-11-18(28-6-8-30-9-7-28)26-19-14(15)2-4-23-20(19)17-3-5-25-27-17/h5-10,15-17H,11-14H2,1-4H3,(H,31,33);2-5,10-12H,6-9H2,1H3,(H,25,27). The van der Waals surface area contributed by atoms with E-state index >= 15 is 0 Å². The second kappa shape index (κ2) is 18.7. The lowest BCUT2D eigenvalue weighted by Gasteiger charge is -2.28. The minimum absolute atomic E-state index is 0.424. The van der Waals surface area contributed by atoms with Crippen molar-refractivity contribution in [2.24, 2.45) is 0 Å². The summed E-state index contributed by atoms with van der Waals surface area (Å²) in [7, 11) is 1.60. The number of hydrogen-bond acceptors (Lipinski definition) is 14. The summed E-state index contributed by atoms with van der Waals surface area (Å²) in [5, 5.41) is 17.5. The highest BCUT2D eigenvalue weighted by molar-refractivity contribution is 6.30. The quantitative estimate of drug-likeness (QED) is 0.154. The van der Waals surface area contributed by atoms with Crippen molar-refractivity contribution in [3.63, 3.8) is 0 Å². The minimum Gasteiger partial charge on any atom is -0.481 e. The van der Waals surface area contributed by atoms with E-state index in [1.165, 1.54) is 0 Å². The molecule has 2 N–H and O–H groups in total. The first-order valence-corrected chi connectivity index (χ1v) is 22.7. The number of aromatic amines is 2. The van der Waals surface area contributed by atoms with Crippen LogP contribution >= 0.6 is 11.6 Å². The number of anilines is 2. The van der Waals surface area contributed by atoms with Crippen LogP contribution < -0.4 is 14.5 Å². The van der Waals surface area contributed by atoms with Gasteiger partial charge in [0, 0.05) is 90.0 Å². The van der Waals surface area contributed by atoms with E-state index in [-0.39, 0.29) is 0 Å². The summed E-state index contributed by atoms with van der Waals surface area (Å²) in [6, 6.07) is 21.8. The van der Waals surface area contributed by atoms with Gasteiger partial charge in [-0.3, -0.25) is 20.2 Å². The van der Waals surface area contributed by atoms with Gasteiger partial charge in [-0.2, -0.15) is 10.2 Å². The van der Waals surface area contributed by atoms with Gasteiger partial charge in [0.1, 0.15) is 39.7 Å². The van der Waals surface area contributed by atoms with Crippen LogP contribution in [-0.2, 0) is 14.2 Å². The lowest BCUT2D eigenvalue weighted by atomic mass is 10.0. The third-order valence-electron chi connectivity index (χ3n) is 11.7. The van der Waals surface area contributed by atoms with Gasteiger partial charge in [-0.15, -0.1) is 0 Å². The number of fused-ring (bicyclic) bond motifs is 3. The van der Waals surface area contributed by atoms with Crippen molar-refractivity contribution < 1.29 is 23.7 Å². The monoisotopic (exact) mass is 932 g/mol. The van der Waals surface area contributed by atoms with E-state index in [1.54, 1.807) is 42.7 Å². The van der Waals surface area contributed by atoms with Crippen molar-refractivity contribution in [2.75, 3.05) is 69.5 Å². The van der Waals surface area contributed by atoms with Crippen molar-refractivity contribution in [3.05, 3.63) is 108 Å². The van der Waals surface area contributed by atoms with E-state index in [2.05, 4.69) is 69.4 Å². The first-order valence-electron chi connectivity index (χ1n) is 22.3. The SMILES string of the molecule is COc1ncc(Cl)cc1-c1cc(N2CCOCC2)nc2c(-c3ccn[nH]3)nccc12.Cc1ccc2c(c1)cc(-c1cc(N3CCOCC3)nc3c(-c4ccn[nH]4)nccc13)n2C(=O)OC(C)(C)C. The third-order valence-corrected chi connectivity index (χ3v) is 11.9. The molecule has 0 amide bonds. The van der Waals surface area contributed by atoms with E-state index in [0.717, 1.165) is 116 Å². The van der Waals surface area contributed by atoms with Crippen molar-refractivity contribution in [3.8, 4) is 51.0 Å². The molecule has 0 saturated carbocycles. The molecule has 0 radical (unpaired) electrons. The Balaban J connectivity index is 0.000000163. The summed E-state index contributed by atoms with van der Waals surface area (Å²) in [6.07, 6.45) is 8.09. The Bertz CT molecular complexity index is 3270. The van der Waals surface area contributed by atoms with Gasteiger partial charge < -0.3 is 28.7 Å². The molecule has 0 atom stereocenters. The first-order chi connectivity index (χ1) is 33.0. The van der Waals surface area contributed by atoms with E-state index in [1.807, 2.05) is 70.2 Å². The number of rotatable bonds is 7. The van der Waals surface area contributed by atoms with Crippen LogP contribution in [0.1, 0.15) is 26.3 Å². The van der Waals surface area contributed by atoms with Crippen LogP contribution in [0.15, 0.2) is 97.7 Å². The molecule has 0 bridgehead atoms. The number of nitrogens with zero attached hydrogens (tertiary/aromatic N) is 10. The summed E-state index contributed by atoms with van der Waals surface area (Å²) in [4.78, 5) is 41.7. The molecule has 18 heteroatoms. The predicted molar refractivity (Wildman–Crippen MR) is 262 cm³/mol. The molecule has 346 valence electrons. The number of benzene rings is 1. The molecule has 17 nitrogen and oxygen atoms in total. The zero-order valence-corrected chi connectivity index (χ0v) is 39.0. The lowest BCUT2D eigenvalue weighted by molar-refractivity contribution is 0.0547. The van der Waals surface area contributed by atoms with Crippen LogP contribution in [-0.4, -0.2) is 121 Å². The normalized spacial score (nSPS) is 14.3. The molecule has 8 aromatic heterocycles. The fourth-order valence-electron chi connectivity index (χ4n) is 8.61. The van der Waals surface area contributed by atoms with E-state index in [9.17, 15) is 4.79 Å². The van der Waals surface area contributed by atoms with Crippen LogP contribution in [0.5, 0.6) is 5.88 Å². The fourth-order valence-corrected chi connectivity index (χ4v) is 8.77. The van der Waals surface area contributed by atoms with Crippen molar-refractivity contribution >= 4 is 62.0 Å². The molecule has 11 rings (SSSR count). The smallest absolute Gasteiger partial charge is 0.419 e. The molecule has 2 aliphatic heterocycles. The van der Waals surface area contributed by atoms with Gasteiger partial charge in [-0.05, 0) is 88.4 Å². The third kappa shape index (κ3) is 8.90.